The Morgan fingerprint density at radius 2 is 1.92 bits per heavy atom. The fourth-order valence-corrected chi connectivity index (χ4v) is 2.01. The van der Waals surface area contributed by atoms with Crippen molar-refractivity contribution in [3.8, 4) is 0 Å². The predicted molar refractivity (Wildman–Crippen MR) is 87.1 cm³/mol. The van der Waals surface area contributed by atoms with Crippen LogP contribution in [0.25, 0.3) is 0 Å². The molecule has 0 bridgehead atoms. The molecule has 1 amide bonds. The maximum atomic E-state index is 13.2. The van der Waals surface area contributed by atoms with Gasteiger partial charge in [0, 0.05) is 30.7 Å². The quantitative estimate of drug-likeness (QED) is 0.746. The lowest BCUT2D eigenvalue weighted by atomic mass is 10.3. The molecule has 3 rings (SSSR count). The van der Waals surface area contributed by atoms with Crippen LogP contribution in [-0.2, 0) is 6.54 Å². The van der Waals surface area contributed by atoms with Crippen molar-refractivity contribution in [3.05, 3.63) is 78.0 Å². The normalized spacial score (nSPS) is 10.3. The minimum absolute atomic E-state index is 0.139. The zero-order valence-electron chi connectivity index (χ0n) is 12.9. The number of aromatic nitrogens is 3. The maximum Gasteiger partial charge on any atom is 0.271 e. The molecular formula is C17H13F2N5O. The number of benzene rings is 1. The van der Waals surface area contributed by atoms with E-state index in [4.69, 9.17) is 0 Å². The summed E-state index contributed by atoms with van der Waals surface area (Å²) in [6.45, 7) is 0.323. The van der Waals surface area contributed by atoms with Crippen molar-refractivity contribution in [3.63, 3.8) is 0 Å². The van der Waals surface area contributed by atoms with Gasteiger partial charge in [0.25, 0.3) is 5.91 Å². The molecule has 0 unspecified atom stereocenters. The number of nitrogens with one attached hydrogen (secondary N) is 2. The number of hydrogen-bond donors (Lipinski definition) is 2. The molecular weight excluding hydrogens is 328 g/mol. The summed E-state index contributed by atoms with van der Waals surface area (Å²) in [7, 11) is 0. The molecule has 2 heterocycles. The van der Waals surface area contributed by atoms with Gasteiger partial charge in [-0.2, -0.15) is 0 Å². The summed E-state index contributed by atoms with van der Waals surface area (Å²) in [5, 5.41) is 5.48. The summed E-state index contributed by atoms with van der Waals surface area (Å²) >= 11 is 0. The summed E-state index contributed by atoms with van der Waals surface area (Å²) in [6, 6.07) is 7.00. The average molecular weight is 341 g/mol. The van der Waals surface area contributed by atoms with Crippen LogP contribution in [0.3, 0.4) is 0 Å². The highest BCUT2D eigenvalue weighted by molar-refractivity contribution is 5.92. The molecule has 2 aromatic heterocycles. The lowest BCUT2D eigenvalue weighted by Crippen LogP contribution is -2.24. The van der Waals surface area contributed by atoms with Crippen LogP contribution in [0, 0.1) is 11.6 Å². The van der Waals surface area contributed by atoms with Crippen LogP contribution >= 0.6 is 0 Å². The monoisotopic (exact) mass is 341 g/mol. The Labute approximate surface area is 142 Å². The topological polar surface area (TPSA) is 79.8 Å². The van der Waals surface area contributed by atoms with Gasteiger partial charge in [-0.15, -0.1) is 0 Å². The van der Waals surface area contributed by atoms with E-state index >= 15 is 0 Å². The van der Waals surface area contributed by atoms with E-state index in [0.717, 1.165) is 17.7 Å². The number of anilines is 2. The second kappa shape index (κ2) is 7.43. The van der Waals surface area contributed by atoms with Crippen LogP contribution in [0.1, 0.15) is 16.1 Å². The molecule has 0 aliphatic heterocycles. The maximum absolute atomic E-state index is 13.2. The lowest BCUT2D eigenvalue weighted by Gasteiger charge is -2.07. The standard InChI is InChI=1S/C17H13F2N5O/c18-13-4-3-12(6-14(13)19)24-16-10-21-15(9-22-16)17(25)23-8-11-2-1-5-20-7-11/h1-7,9-10H,8H2,(H,22,24)(H,23,25). The molecule has 0 atom stereocenters. The van der Waals surface area contributed by atoms with E-state index in [9.17, 15) is 13.6 Å². The number of nitrogens with zero attached hydrogens (tertiary/aromatic N) is 3. The van der Waals surface area contributed by atoms with Gasteiger partial charge in [-0.1, -0.05) is 6.07 Å². The van der Waals surface area contributed by atoms with E-state index in [1.807, 2.05) is 6.07 Å². The molecule has 0 spiro atoms. The number of hydrogen-bond acceptors (Lipinski definition) is 5. The Morgan fingerprint density at radius 1 is 1.04 bits per heavy atom. The van der Waals surface area contributed by atoms with Gasteiger partial charge in [0.05, 0.1) is 12.4 Å². The van der Waals surface area contributed by atoms with Crippen LogP contribution in [-0.4, -0.2) is 20.9 Å². The second-order valence-electron chi connectivity index (χ2n) is 5.08. The van der Waals surface area contributed by atoms with Crippen LogP contribution in [0.5, 0.6) is 0 Å². The van der Waals surface area contributed by atoms with Crippen molar-refractivity contribution in [2.45, 2.75) is 6.54 Å². The molecule has 2 N–H and O–H groups in total. The highest BCUT2D eigenvalue weighted by atomic mass is 19.2. The van der Waals surface area contributed by atoms with Gasteiger partial charge in [-0.3, -0.25) is 9.78 Å². The molecule has 8 heteroatoms. The van der Waals surface area contributed by atoms with E-state index < -0.39 is 11.6 Å². The Morgan fingerprint density at radius 3 is 2.60 bits per heavy atom. The third-order valence-electron chi connectivity index (χ3n) is 3.25. The number of carbonyl (C=O) groups is 1. The predicted octanol–water partition coefficient (Wildman–Crippen LogP) is 2.82. The molecule has 1 aromatic carbocycles. The minimum Gasteiger partial charge on any atom is -0.347 e. The third kappa shape index (κ3) is 4.31. The zero-order chi connectivity index (χ0) is 17.6. The van der Waals surface area contributed by atoms with E-state index in [1.54, 1.807) is 18.5 Å². The number of halogens is 2. The molecule has 3 aromatic rings. The summed E-state index contributed by atoms with van der Waals surface area (Å²) in [6.07, 6.45) is 5.93. The molecule has 126 valence electrons. The molecule has 0 fully saturated rings. The van der Waals surface area contributed by atoms with Crippen LogP contribution in [0.15, 0.2) is 55.1 Å². The van der Waals surface area contributed by atoms with Gasteiger partial charge >= 0.3 is 0 Å². The zero-order valence-corrected chi connectivity index (χ0v) is 12.9. The van der Waals surface area contributed by atoms with E-state index in [2.05, 4.69) is 25.6 Å². The third-order valence-corrected chi connectivity index (χ3v) is 3.25. The molecule has 0 saturated heterocycles. The summed E-state index contributed by atoms with van der Waals surface area (Å²) in [4.78, 5) is 24.0. The average Bonchev–Trinajstić information content (AvgIpc) is 2.64. The van der Waals surface area contributed by atoms with Crippen LogP contribution in [0.2, 0.25) is 0 Å². The van der Waals surface area contributed by atoms with Gasteiger partial charge < -0.3 is 10.6 Å². The summed E-state index contributed by atoms with van der Waals surface area (Å²) in [5.74, 6) is -1.98. The van der Waals surface area contributed by atoms with Crippen molar-refractivity contribution in [1.82, 2.24) is 20.3 Å². The fraction of sp³-hybridized carbons (Fsp3) is 0.0588. The lowest BCUT2D eigenvalue weighted by molar-refractivity contribution is 0.0945. The number of amides is 1. The van der Waals surface area contributed by atoms with Crippen molar-refractivity contribution >= 4 is 17.4 Å². The van der Waals surface area contributed by atoms with E-state index in [-0.39, 0.29) is 11.6 Å². The number of rotatable bonds is 5. The van der Waals surface area contributed by atoms with Gasteiger partial charge in [-0.25, -0.2) is 18.7 Å². The molecule has 0 saturated carbocycles. The Balaban J connectivity index is 1.61. The van der Waals surface area contributed by atoms with Crippen molar-refractivity contribution in [1.29, 1.82) is 0 Å². The highest BCUT2D eigenvalue weighted by Crippen LogP contribution is 2.17. The smallest absolute Gasteiger partial charge is 0.271 e. The van der Waals surface area contributed by atoms with Gasteiger partial charge in [-0.05, 0) is 23.8 Å². The minimum atomic E-state index is -0.968. The van der Waals surface area contributed by atoms with Crippen molar-refractivity contribution in [2.24, 2.45) is 0 Å². The molecule has 0 aliphatic carbocycles. The summed E-state index contributed by atoms with van der Waals surface area (Å²) in [5.41, 5.74) is 1.32. The van der Waals surface area contributed by atoms with E-state index in [1.165, 1.54) is 18.5 Å². The first-order valence-electron chi connectivity index (χ1n) is 7.33. The summed E-state index contributed by atoms with van der Waals surface area (Å²) < 4.78 is 26.1. The van der Waals surface area contributed by atoms with Crippen molar-refractivity contribution in [2.75, 3.05) is 5.32 Å². The molecule has 0 aliphatic rings. The number of carbonyl (C=O) groups excluding carboxylic acids is 1. The number of pyridine rings is 1. The van der Waals surface area contributed by atoms with Gasteiger partial charge in [0.15, 0.2) is 11.6 Å². The first-order valence-corrected chi connectivity index (χ1v) is 7.33. The van der Waals surface area contributed by atoms with Crippen LogP contribution < -0.4 is 10.6 Å². The molecule has 25 heavy (non-hydrogen) atoms. The van der Waals surface area contributed by atoms with E-state index in [0.29, 0.717) is 18.1 Å². The SMILES string of the molecule is O=C(NCc1cccnc1)c1cnc(Nc2ccc(F)c(F)c2)cn1. The first-order chi connectivity index (χ1) is 12.1. The Kier molecular flexibility index (Phi) is 4.89. The molecule has 0 radical (unpaired) electrons. The van der Waals surface area contributed by atoms with Crippen LogP contribution in [0.4, 0.5) is 20.3 Å². The largest absolute Gasteiger partial charge is 0.347 e. The van der Waals surface area contributed by atoms with Crippen molar-refractivity contribution < 1.29 is 13.6 Å². The van der Waals surface area contributed by atoms with Gasteiger partial charge in [0.1, 0.15) is 11.5 Å². The second-order valence-corrected chi connectivity index (χ2v) is 5.08. The Bertz CT molecular complexity index is 872. The highest BCUT2D eigenvalue weighted by Gasteiger charge is 2.09. The van der Waals surface area contributed by atoms with Gasteiger partial charge in [0.2, 0.25) is 0 Å². The first kappa shape index (κ1) is 16.4. The Hall–Kier alpha value is -3.42. The molecule has 6 nitrogen and oxygen atoms in total. The fourth-order valence-electron chi connectivity index (χ4n) is 2.01.